The fourth-order valence-electron chi connectivity index (χ4n) is 4.45. The van der Waals surface area contributed by atoms with Crippen molar-refractivity contribution in [3.8, 4) is 16.9 Å². The lowest BCUT2D eigenvalue weighted by molar-refractivity contribution is -0.137. The molecule has 0 spiro atoms. The maximum Gasteiger partial charge on any atom is 0.416 e. The highest BCUT2D eigenvalue weighted by atomic mass is 19.4. The summed E-state index contributed by atoms with van der Waals surface area (Å²) in [4.78, 5) is 18.2. The van der Waals surface area contributed by atoms with Crippen LogP contribution in [0.25, 0.3) is 11.1 Å². The van der Waals surface area contributed by atoms with Gasteiger partial charge >= 0.3 is 12.3 Å². The minimum absolute atomic E-state index is 0.140. The van der Waals surface area contributed by atoms with Crippen LogP contribution in [0, 0.1) is 5.82 Å². The molecule has 0 saturated carbocycles. The average molecular weight is 503 g/mol. The minimum atomic E-state index is -4.58. The van der Waals surface area contributed by atoms with E-state index in [9.17, 15) is 22.4 Å². The van der Waals surface area contributed by atoms with Gasteiger partial charge in [0.2, 0.25) is 0 Å². The molecule has 1 saturated heterocycles. The van der Waals surface area contributed by atoms with Gasteiger partial charge in [0.25, 0.3) is 0 Å². The van der Waals surface area contributed by atoms with Crippen LogP contribution in [0.3, 0.4) is 0 Å². The highest BCUT2D eigenvalue weighted by Gasteiger charge is 2.40. The van der Waals surface area contributed by atoms with Crippen molar-refractivity contribution in [2.45, 2.75) is 51.6 Å². The molecule has 1 aliphatic heterocycles. The Balaban J connectivity index is 1.81. The van der Waals surface area contributed by atoms with Gasteiger partial charge in [0.1, 0.15) is 17.7 Å². The second-order valence-corrected chi connectivity index (χ2v) is 9.05. The van der Waals surface area contributed by atoms with Crippen molar-refractivity contribution in [2.75, 3.05) is 7.11 Å². The Bertz CT molecular complexity index is 1260. The van der Waals surface area contributed by atoms with Crippen LogP contribution < -0.4 is 4.74 Å². The number of carbonyl (C=O) groups is 1. The van der Waals surface area contributed by atoms with Gasteiger partial charge in [-0.1, -0.05) is 19.9 Å². The first-order valence-corrected chi connectivity index (χ1v) is 11.5. The lowest BCUT2D eigenvalue weighted by Crippen LogP contribution is -2.31. The minimum Gasteiger partial charge on any atom is -0.496 e. The van der Waals surface area contributed by atoms with E-state index in [2.05, 4.69) is 4.98 Å². The molecule has 0 radical (unpaired) electrons. The standard InChI is InChI=1S/C27H26F4N2O3/c1-15(2)21-12-22(24(35-4)13-23(21)28)20-6-5-19(27(29,30)31)11-18(20)14-33-16(3)25(36-26(33)34)17-7-9-32-10-8-17/h5-13,15-16,25H,14H2,1-4H3/t16-,25-/m0/s1. The van der Waals surface area contributed by atoms with Crippen LogP contribution >= 0.6 is 0 Å². The molecule has 3 aromatic rings. The molecular weight excluding hydrogens is 476 g/mol. The van der Waals surface area contributed by atoms with E-state index in [1.807, 2.05) is 13.8 Å². The predicted octanol–water partition coefficient (Wildman–Crippen LogP) is 7.12. The Morgan fingerprint density at radius 2 is 1.78 bits per heavy atom. The fourth-order valence-corrected chi connectivity index (χ4v) is 4.45. The zero-order valence-electron chi connectivity index (χ0n) is 20.3. The van der Waals surface area contributed by atoms with E-state index in [4.69, 9.17) is 9.47 Å². The number of alkyl halides is 3. The van der Waals surface area contributed by atoms with E-state index >= 15 is 0 Å². The first kappa shape index (κ1) is 25.5. The number of ether oxygens (including phenoxy) is 2. The monoisotopic (exact) mass is 502 g/mol. The zero-order chi connectivity index (χ0) is 26.2. The quantitative estimate of drug-likeness (QED) is 0.337. The molecule has 0 unspecified atom stereocenters. The number of benzene rings is 2. The van der Waals surface area contributed by atoms with Crippen molar-refractivity contribution < 1.29 is 31.8 Å². The maximum absolute atomic E-state index is 14.6. The Morgan fingerprint density at radius 3 is 2.39 bits per heavy atom. The highest BCUT2D eigenvalue weighted by molar-refractivity contribution is 5.76. The van der Waals surface area contributed by atoms with Crippen LogP contribution in [0.4, 0.5) is 22.4 Å². The molecule has 9 heteroatoms. The molecule has 5 nitrogen and oxygen atoms in total. The van der Waals surface area contributed by atoms with Gasteiger partial charge in [0.05, 0.1) is 25.3 Å². The van der Waals surface area contributed by atoms with Gasteiger partial charge in [-0.2, -0.15) is 13.2 Å². The second-order valence-electron chi connectivity index (χ2n) is 9.05. The van der Waals surface area contributed by atoms with E-state index < -0.39 is 35.8 Å². The molecule has 2 aromatic carbocycles. The molecule has 0 bridgehead atoms. The van der Waals surface area contributed by atoms with E-state index in [-0.39, 0.29) is 23.8 Å². The molecule has 1 aliphatic rings. The van der Waals surface area contributed by atoms with E-state index in [1.165, 1.54) is 24.1 Å². The summed E-state index contributed by atoms with van der Waals surface area (Å²) >= 11 is 0. The van der Waals surface area contributed by atoms with E-state index in [0.717, 1.165) is 17.7 Å². The lowest BCUT2D eigenvalue weighted by Gasteiger charge is -2.24. The van der Waals surface area contributed by atoms with Gasteiger partial charge in [-0.3, -0.25) is 9.88 Å². The van der Waals surface area contributed by atoms with E-state index in [1.54, 1.807) is 37.5 Å². The number of rotatable bonds is 6. The predicted molar refractivity (Wildman–Crippen MR) is 126 cm³/mol. The van der Waals surface area contributed by atoms with Crippen molar-refractivity contribution in [3.63, 3.8) is 0 Å². The number of carbonyl (C=O) groups excluding carboxylic acids is 1. The summed E-state index contributed by atoms with van der Waals surface area (Å²) in [5.74, 6) is -0.442. The van der Waals surface area contributed by atoms with Crippen molar-refractivity contribution in [1.29, 1.82) is 0 Å². The fraction of sp³-hybridized carbons (Fsp3) is 0.333. The molecule has 1 fully saturated rings. The van der Waals surface area contributed by atoms with Gasteiger partial charge in [0, 0.05) is 24.0 Å². The number of hydrogen-bond donors (Lipinski definition) is 0. The van der Waals surface area contributed by atoms with Crippen molar-refractivity contribution in [1.82, 2.24) is 9.88 Å². The Hall–Kier alpha value is -3.62. The summed E-state index contributed by atoms with van der Waals surface area (Å²) in [6.07, 6.45) is -2.66. The number of amides is 1. The Kier molecular flexibility index (Phi) is 6.93. The Morgan fingerprint density at radius 1 is 1.08 bits per heavy atom. The summed E-state index contributed by atoms with van der Waals surface area (Å²) in [6.45, 7) is 5.28. The Labute approximate surface area is 206 Å². The molecule has 1 aromatic heterocycles. The number of halogens is 4. The molecular formula is C27H26F4N2O3. The molecule has 1 amide bonds. The first-order chi connectivity index (χ1) is 17.0. The summed E-state index contributed by atoms with van der Waals surface area (Å²) in [5, 5.41) is 0. The van der Waals surface area contributed by atoms with Gasteiger partial charge in [-0.05, 0) is 65.4 Å². The molecule has 36 heavy (non-hydrogen) atoms. The van der Waals surface area contributed by atoms with Gasteiger partial charge in [-0.25, -0.2) is 9.18 Å². The molecule has 2 atom stereocenters. The van der Waals surface area contributed by atoms with Crippen LogP contribution in [0.2, 0.25) is 0 Å². The maximum atomic E-state index is 14.6. The molecule has 190 valence electrons. The van der Waals surface area contributed by atoms with Crippen LogP contribution in [-0.4, -0.2) is 29.1 Å². The second kappa shape index (κ2) is 9.79. The van der Waals surface area contributed by atoms with Gasteiger partial charge in [-0.15, -0.1) is 0 Å². The number of cyclic esters (lactones) is 1. The molecule has 4 rings (SSSR count). The topological polar surface area (TPSA) is 51.7 Å². The van der Waals surface area contributed by atoms with Crippen LogP contribution in [0.1, 0.15) is 55.0 Å². The normalized spacial score (nSPS) is 18.0. The highest BCUT2D eigenvalue weighted by Crippen LogP contribution is 2.41. The third kappa shape index (κ3) is 4.87. The lowest BCUT2D eigenvalue weighted by atomic mass is 9.92. The zero-order valence-corrected chi connectivity index (χ0v) is 20.3. The van der Waals surface area contributed by atoms with Crippen LogP contribution in [0.15, 0.2) is 54.9 Å². The summed E-state index contributed by atoms with van der Waals surface area (Å²) < 4.78 is 66.5. The molecule has 0 aliphatic carbocycles. The summed E-state index contributed by atoms with van der Waals surface area (Å²) in [6, 6.07) is 9.16. The smallest absolute Gasteiger partial charge is 0.416 e. The van der Waals surface area contributed by atoms with Crippen molar-refractivity contribution in [2.24, 2.45) is 0 Å². The average Bonchev–Trinajstić information content (AvgIpc) is 3.12. The van der Waals surface area contributed by atoms with E-state index in [0.29, 0.717) is 16.7 Å². The number of aromatic nitrogens is 1. The number of hydrogen-bond acceptors (Lipinski definition) is 4. The molecule has 2 heterocycles. The summed E-state index contributed by atoms with van der Waals surface area (Å²) in [7, 11) is 1.37. The SMILES string of the molecule is COc1cc(F)c(C(C)C)cc1-c1ccc(C(F)(F)F)cc1CN1C(=O)O[C@H](c2ccncc2)[C@@H]1C. The van der Waals surface area contributed by atoms with Crippen molar-refractivity contribution >= 4 is 6.09 Å². The van der Waals surface area contributed by atoms with Crippen LogP contribution in [-0.2, 0) is 17.5 Å². The van der Waals surface area contributed by atoms with Gasteiger partial charge < -0.3 is 9.47 Å². The van der Waals surface area contributed by atoms with Crippen molar-refractivity contribution in [3.05, 3.63) is 82.9 Å². The number of nitrogens with zero attached hydrogens (tertiary/aromatic N) is 2. The van der Waals surface area contributed by atoms with Gasteiger partial charge in [0.15, 0.2) is 0 Å². The largest absolute Gasteiger partial charge is 0.496 e. The molecule has 0 N–H and O–H groups in total. The number of methoxy groups -OCH3 is 1. The number of pyridine rings is 1. The third-order valence-electron chi connectivity index (χ3n) is 6.43. The third-order valence-corrected chi connectivity index (χ3v) is 6.43. The van der Waals surface area contributed by atoms with Crippen LogP contribution in [0.5, 0.6) is 5.75 Å². The first-order valence-electron chi connectivity index (χ1n) is 11.5. The summed E-state index contributed by atoms with van der Waals surface area (Å²) in [5.41, 5.74) is 1.38.